The van der Waals surface area contributed by atoms with Crippen molar-refractivity contribution in [3.05, 3.63) is 74.5 Å². The van der Waals surface area contributed by atoms with Crippen LogP contribution in [0.5, 0.6) is 11.6 Å². The van der Waals surface area contributed by atoms with Gasteiger partial charge in [-0.1, -0.05) is 19.4 Å². The summed E-state index contributed by atoms with van der Waals surface area (Å²) >= 11 is 0. The van der Waals surface area contributed by atoms with Crippen LogP contribution in [-0.4, -0.2) is 32.0 Å². The van der Waals surface area contributed by atoms with Crippen LogP contribution in [0.2, 0.25) is 0 Å². The van der Waals surface area contributed by atoms with Gasteiger partial charge in [-0.25, -0.2) is 0 Å². The summed E-state index contributed by atoms with van der Waals surface area (Å²) in [6.07, 6.45) is 5.27. The molecule has 2 aromatic heterocycles. The van der Waals surface area contributed by atoms with E-state index in [0.717, 1.165) is 41.6 Å². The highest BCUT2D eigenvalue weighted by Crippen LogP contribution is 2.44. The summed E-state index contributed by atoms with van der Waals surface area (Å²) in [6, 6.07) is 7.76. The summed E-state index contributed by atoms with van der Waals surface area (Å²) in [6.45, 7) is 2.35. The number of benzene rings is 1. The largest absolute Gasteiger partial charge is 0.496 e. The molecule has 1 aliphatic rings. The number of nitriles is 1. The van der Waals surface area contributed by atoms with Gasteiger partial charge >= 0.3 is 5.69 Å². The van der Waals surface area contributed by atoms with Crippen molar-refractivity contribution in [3.8, 4) is 17.7 Å². The Labute approximate surface area is 189 Å². The molecule has 3 aromatic rings. The maximum absolute atomic E-state index is 11.0. The fourth-order valence-electron chi connectivity index (χ4n) is 4.00. The predicted molar refractivity (Wildman–Crippen MR) is 117 cm³/mol. The maximum Gasteiger partial charge on any atom is 0.307 e. The molecule has 1 atom stereocenters. The maximum atomic E-state index is 11.0. The first-order valence-electron chi connectivity index (χ1n) is 10.4. The number of nitro groups is 1. The van der Waals surface area contributed by atoms with E-state index in [1.165, 1.54) is 17.1 Å². The van der Waals surface area contributed by atoms with E-state index in [9.17, 15) is 15.4 Å². The van der Waals surface area contributed by atoms with Crippen LogP contribution in [-0.2, 0) is 13.0 Å². The Morgan fingerprint density at radius 1 is 1.45 bits per heavy atom. The SMILES string of the molecule is CCCCc1[nH]nc2c1C(c1ccc(OC)c(Cn3cc([N+](=O)[O-])cn3)c1)C(C#N)=C(N)O2. The van der Waals surface area contributed by atoms with Crippen LogP contribution in [0, 0.1) is 21.4 Å². The van der Waals surface area contributed by atoms with E-state index >= 15 is 0 Å². The highest BCUT2D eigenvalue weighted by Gasteiger charge is 2.35. The number of nitrogens with zero attached hydrogens (tertiary/aromatic N) is 5. The van der Waals surface area contributed by atoms with Gasteiger partial charge in [-0.05, 0) is 30.5 Å². The number of hydrogen-bond acceptors (Lipinski definition) is 8. The third kappa shape index (κ3) is 4.10. The van der Waals surface area contributed by atoms with Crippen LogP contribution in [0.3, 0.4) is 0 Å². The van der Waals surface area contributed by atoms with E-state index < -0.39 is 10.8 Å². The first-order chi connectivity index (χ1) is 16.0. The number of hydrogen-bond donors (Lipinski definition) is 2. The summed E-state index contributed by atoms with van der Waals surface area (Å²) in [5.74, 6) is 0.505. The van der Waals surface area contributed by atoms with Crippen LogP contribution in [0.25, 0.3) is 0 Å². The fraction of sp³-hybridized carbons (Fsp3) is 0.318. The van der Waals surface area contributed by atoms with Crippen LogP contribution >= 0.6 is 0 Å². The van der Waals surface area contributed by atoms with E-state index in [1.807, 2.05) is 12.1 Å². The van der Waals surface area contributed by atoms with E-state index in [4.69, 9.17) is 15.2 Å². The number of methoxy groups -OCH3 is 1. The Kier molecular flexibility index (Phi) is 5.99. The van der Waals surface area contributed by atoms with Gasteiger partial charge in [0.1, 0.15) is 29.8 Å². The Morgan fingerprint density at radius 2 is 2.27 bits per heavy atom. The lowest BCUT2D eigenvalue weighted by Gasteiger charge is -2.25. The van der Waals surface area contributed by atoms with Crippen LogP contribution in [0.4, 0.5) is 5.69 Å². The number of aromatic nitrogens is 4. The summed E-state index contributed by atoms with van der Waals surface area (Å²) in [7, 11) is 1.55. The van der Waals surface area contributed by atoms with Gasteiger partial charge in [-0.15, -0.1) is 5.10 Å². The first kappa shape index (κ1) is 21.9. The standard InChI is InChI=1S/C22H23N7O4/c1-3-4-5-17-20-19(16(9-23)21(24)33-22(20)27-26-17)13-6-7-18(32-2)14(8-13)11-28-12-15(10-25-28)29(30)31/h6-8,10,12,19H,3-5,11,24H2,1-2H3,(H,26,27). The Morgan fingerprint density at radius 3 is 2.94 bits per heavy atom. The Hall–Kier alpha value is -4.33. The number of aromatic amines is 1. The van der Waals surface area contributed by atoms with Gasteiger partial charge in [0, 0.05) is 16.8 Å². The minimum atomic E-state index is -0.496. The molecule has 0 bridgehead atoms. The highest BCUT2D eigenvalue weighted by molar-refractivity contribution is 5.56. The quantitative estimate of drug-likeness (QED) is 0.392. The molecule has 0 saturated heterocycles. The third-order valence-electron chi connectivity index (χ3n) is 5.60. The molecular weight excluding hydrogens is 426 g/mol. The molecule has 4 rings (SSSR count). The van der Waals surface area contributed by atoms with Crippen LogP contribution < -0.4 is 15.2 Å². The number of nitrogens with one attached hydrogen (secondary N) is 1. The van der Waals surface area contributed by atoms with Crippen molar-refractivity contribution in [1.29, 1.82) is 5.26 Å². The van der Waals surface area contributed by atoms with E-state index in [-0.39, 0.29) is 18.1 Å². The summed E-state index contributed by atoms with van der Waals surface area (Å²) in [4.78, 5) is 10.5. The minimum Gasteiger partial charge on any atom is -0.496 e. The predicted octanol–water partition coefficient (Wildman–Crippen LogP) is 3.13. The molecule has 1 aliphatic heterocycles. The molecule has 170 valence electrons. The van der Waals surface area contributed by atoms with E-state index in [2.05, 4.69) is 28.3 Å². The molecule has 0 spiro atoms. The molecule has 1 unspecified atom stereocenters. The van der Waals surface area contributed by atoms with Gasteiger partial charge in [0.05, 0.1) is 24.5 Å². The molecule has 33 heavy (non-hydrogen) atoms. The zero-order valence-corrected chi connectivity index (χ0v) is 18.2. The number of ether oxygens (including phenoxy) is 2. The first-order valence-corrected chi connectivity index (χ1v) is 10.4. The third-order valence-corrected chi connectivity index (χ3v) is 5.60. The van der Waals surface area contributed by atoms with Gasteiger partial charge in [-0.3, -0.25) is 19.9 Å². The molecule has 3 N–H and O–H groups in total. The summed E-state index contributed by atoms with van der Waals surface area (Å²) in [5.41, 5.74) is 9.51. The lowest BCUT2D eigenvalue weighted by molar-refractivity contribution is -0.385. The lowest BCUT2D eigenvalue weighted by atomic mass is 9.82. The average Bonchev–Trinajstić information content (AvgIpc) is 3.43. The number of unbranched alkanes of at least 4 members (excludes halogenated alkanes) is 1. The number of rotatable bonds is 8. The fourth-order valence-corrected chi connectivity index (χ4v) is 4.00. The van der Waals surface area contributed by atoms with E-state index in [1.54, 1.807) is 13.2 Å². The second-order valence-electron chi connectivity index (χ2n) is 7.67. The molecule has 11 nitrogen and oxygen atoms in total. The molecule has 0 amide bonds. The molecule has 3 heterocycles. The zero-order valence-electron chi connectivity index (χ0n) is 18.2. The Bertz CT molecular complexity index is 1270. The molecule has 11 heteroatoms. The topological polar surface area (TPSA) is 158 Å². The lowest BCUT2D eigenvalue weighted by Crippen LogP contribution is -2.21. The molecule has 1 aromatic carbocycles. The average molecular weight is 449 g/mol. The van der Waals surface area contributed by atoms with Crippen molar-refractivity contribution in [2.45, 2.75) is 38.6 Å². The van der Waals surface area contributed by atoms with Crippen LogP contribution in [0.1, 0.15) is 48.1 Å². The smallest absolute Gasteiger partial charge is 0.307 e. The van der Waals surface area contributed by atoms with Gasteiger partial charge in [0.25, 0.3) is 0 Å². The number of aryl methyl sites for hydroxylation is 1. The highest BCUT2D eigenvalue weighted by atomic mass is 16.6. The van der Waals surface area contributed by atoms with E-state index in [0.29, 0.717) is 17.2 Å². The molecule has 0 saturated carbocycles. The molecule has 0 aliphatic carbocycles. The molecule has 0 radical (unpaired) electrons. The van der Waals surface area contributed by atoms with Crippen molar-refractivity contribution in [1.82, 2.24) is 20.0 Å². The number of H-pyrrole nitrogens is 1. The number of allylic oxidation sites excluding steroid dienone is 1. The Balaban J connectivity index is 1.79. The molecular formula is C22H23N7O4. The van der Waals surface area contributed by atoms with Gasteiger partial charge in [0.15, 0.2) is 0 Å². The normalized spacial score (nSPS) is 15.0. The minimum absolute atomic E-state index is 0.0172. The van der Waals surface area contributed by atoms with Gasteiger partial charge in [0.2, 0.25) is 11.8 Å². The van der Waals surface area contributed by atoms with Crippen molar-refractivity contribution in [2.24, 2.45) is 5.73 Å². The molecule has 0 fully saturated rings. The second kappa shape index (κ2) is 9.04. The number of nitrogens with two attached hydrogens (primary N) is 1. The summed E-state index contributed by atoms with van der Waals surface area (Å²) in [5, 5.41) is 32.3. The monoisotopic (exact) mass is 449 g/mol. The number of fused-ring (bicyclic) bond motifs is 1. The van der Waals surface area contributed by atoms with Gasteiger partial charge in [-0.2, -0.15) is 10.4 Å². The van der Waals surface area contributed by atoms with Crippen molar-refractivity contribution >= 4 is 5.69 Å². The zero-order chi connectivity index (χ0) is 23.5. The van der Waals surface area contributed by atoms with Crippen molar-refractivity contribution in [3.63, 3.8) is 0 Å². The second-order valence-corrected chi connectivity index (χ2v) is 7.67. The van der Waals surface area contributed by atoms with Crippen molar-refractivity contribution in [2.75, 3.05) is 7.11 Å². The van der Waals surface area contributed by atoms with Crippen LogP contribution in [0.15, 0.2) is 42.0 Å². The van der Waals surface area contributed by atoms with Gasteiger partial charge < -0.3 is 15.2 Å². The summed E-state index contributed by atoms with van der Waals surface area (Å²) < 4.78 is 12.6. The van der Waals surface area contributed by atoms with Crippen molar-refractivity contribution < 1.29 is 14.4 Å².